The van der Waals surface area contributed by atoms with Crippen LogP contribution in [-0.4, -0.2) is 23.5 Å². The summed E-state index contributed by atoms with van der Waals surface area (Å²) < 4.78 is 10.4. The fraction of sp³-hybridized carbons (Fsp3) is 0.174. The van der Waals surface area contributed by atoms with Crippen molar-refractivity contribution in [1.29, 1.82) is 0 Å². The quantitative estimate of drug-likeness (QED) is 0.560. The average molecular weight is 406 g/mol. The van der Waals surface area contributed by atoms with Crippen molar-refractivity contribution < 1.29 is 19.1 Å². The molecule has 1 amide bonds. The smallest absolute Gasteiger partial charge is 0.310 e. The Hall–Kier alpha value is -3.87. The number of H-pyrrole nitrogens is 1. The molecule has 154 valence electrons. The molecule has 0 saturated carbocycles. The molecule has 1 aromatic heterocycles. The lowest BCUT2D eigenvalue weighted by atomic mass is 10.1. The Morgan fingerprint density at radius 1 is 1.00 bits per heavy atom. The number of aromatic nitrogens is 1. The van der Waals surface area contributed by atoms with E-state index in [0.29, 0.717) is 12.3 Å². The van der Waals surface area contributed by atoms with Gasteiger partial charge in [-0.15, -0.1) is 0 Å². The molecule has 2 aromatic carbocycles. The zero-order valence-electron chi connectivity index (χ0n) is 16.5. The third-order valence-corrected chi connectivity index (χ3v) is 4.22. The zero-order chi connectivity index (χ0) is 21.3. The summed E-state index contributed by atoms with van der Waals surface area (Å²) in [5.74, 6) is -0.625. The topological polar surface area (TPSA) is 97.5 Å². The van der Waals surface area contributed by atoms with Crippen molar-refractivity contribution in [2.24, 2.45) is 0 Å². The second kappa shape index (κ2) is 10.1. The van der Waals surface area contributed by atoms with Gasteiger partial charge in [0, 0.05) is 18.0 Å². The third-order valence-electron chi connectivity index (χ3n) is 4.22. The zero-order valence-corrected chi connectivity index (χ0v) is 16.5. The monoisotopic (exact) mass is 406 g/mol. The van der Waals surface area contributed by atoms with Crippen LogP contribution < -0.4 is 15.5 Å². The number of rotatable bonds is 8. The molecule has 0 spiro atoms. The van der Waals surface area contributed by atoms with Gasteiger partial charge in [0.2, 0.25) is 5.43 Å². The molecule has 2 N–H and O–H groups in total. The van der Waals surface area contributed by atoms with Crippen LogP contribution in [0.1, 0.15) is 28.5 Å². The van der Waals surface area contributed by atoms with E-state index in [-0.39, 0.29) is 35.9 Å². The number of carbonyl (C=O) groups excluding carboxylic acids is 2. The average Bonchev–Trinajstić information content (AvgIpc) is 2.75. The van der Waals surface area contributed by atoms with Crippen molar-refractivity contribution in [3.63, 3.8) is 0 Å². The predicted octanol–water partition coefficient (Wildman–Crippen LogP) is 3.31. The minimum Gasteiger partial charge on any atom is -0.483 e. The molecule has 0 aliphatic rings. The van der Waals surface area contributed by atoms with E-state index < -0.39 is 5.91 Å². The fourth-order valence-electron chi connectivity index (χ4n) is 2.72. The van der Waals surface area contributed by atoms with E-state index in [4.69, 9.17) is 9.47 Å². The van der Waals surface area contributed by atoms with Gasteiger partial charge in [0.05, 0.1) is 13.0 Å². The van der Waals surface area contributed by atoms with E-state index in [9.17, 15) is 14.4 Å². The first-order valence-corrected chi connectivity index (χ1v) is 9.50. The number of nitrogens with one attached hydrogen (secondary N) is 2. The highest BCUT2D eigenvalue weighted by molar-refractivity contribution is 6.02. The van der Waals surface area contributed by atoms with Crippen molar-refractivity contribution in [3.8, 4) is 5.75 Å². The Kier molecular flexibility index (Phi) is 7.00. The molecule has 7 nitrogen and oxygen atoms in total. The normalized spacial score (nSPS) is 10.3. The van der Waals surface area contributed by atoms with Crippen LogP contribution in [0.4, 0.5) is 5.69 Å². The predicted molar refractivity (Wildman–Crippen MR) is 113 cm³/mol. The van der Waals surface area contributed by atoms with Gasteiger partial charge in [0.1, 0.15) is 12.3 Å². The number of carbonyl (C=O) groups is 2. The molecule has 0 atom stereocenters. The first-order valence-electron chi connectivity index (χ1n) is 9.50. The number of ether oxygens (including phenoxy) is 2. The molecule has 0 saturated heterocycles. The molecule has 0 radical (unpaired) electrons. The second-order valence-electron chi connectivity index (χ2n) is 6.48. The summed E-state index contributed by atoms with van der Waals surface area (Å²) in [5, 5.41) is 2.70. The van der Waals surface area contributed by atoms with E-state index >= 15 is 0 Å². The first kappa shape index (κ1) is 20.9. The molecule has 0 bridgehead atoms. The van der Waals surface area contributed by atoms with Gasteiger partial charge in [-0.05, 0) is 30.2 Å². The Morgan fingerprint density at radius 2 is 1.73 bits per heavy atom. The van der Waals surface area contributed by atoms with Crippen molar-refractivity contribution >= 4 is 17.6 Å². The van der Waals surface area contributed by atoms with Gasteiger partial charge in [0.15, 0.2) is 5.75 Å². The lowest BCUT2D eigenvalue weighted by Gasteiger charge is -2.08. The number of amides is 1. The lowest BCUT2D eigenvalue weighted by molar-refractivity contribution is -0.142. The summed E-state index contributed by atoms with van der Waals surface area (Å²) in [6.07, 6.45) is 1.54. The third kappa shape index (κ3) is 5.81. The number of pyridine rings is 1. The van der Waals surface area contributed by atoms with Gasteiger partial charge < -0.3 is 19.8 Å². The minimum absolute atomic E-state index is 0.114. The van der Waals surface area contributed by atoms with Crippen molar-refractivity contribution in [3.05, 3.63) is 93.9 Å². The standard InChI is InChI=1S/C23H22N2O5/c1-2-29-22(27)12-16-8-10-18(11-9-16)25-23(28)19-13-20(26)21(14-24-19)30-15-17-6-4-3-5-7-17/h3-11,13-14H,2,12,15H2,1H3,(H,24,26)(H,25,28). The molecular formula is C23H22N2O5. The van der Waals surface area contributed by atoms with E-state index in [2.05, 4.69) is 10.3 Å². The van der Waals surface area contributed by atoms with Crippen LogP contribution in [0.3, 0.4) is 0 Å². The largest absolute Gasteiger partial charge is 0.483 e. The molecule has 0 aliphatic heterocycles. The fourth-order valence-corrected chi connectivity index (χ4v) is 2.72. The van der Waals surface area contributed by atoms with Crippen LogP contribution >= 0.6 is 0 Å². The highest BCUT2D eigenvalue weighted by Crippen LogP contribution is 2.12. The maximum atomic E-state index is 12.4. The van der Waals surface area contributed by atoms with Crippen LogP contribution in [0.2, 0.25) is 0 Å². The van der Waals surface area contributed by atoms with Gasteiger partial charge in [-0.3, -0.25) is 14.4 Å². The van der Waals surface area contributed by atoms with Gasteiger partial charge in [-0.2, -0.15) is 0 Å². The molecule has 3 rings (SSSR count). The number of anilines is 1. The SMILES string of the molecule is CCOC(=O)Cc1ccc(NC(=O)c2cc(=O)c(OCc3ccccc3)c[nH]2)cc1. The van der Waals surface area contributed by atoms with E-state index in [0.717, 1.165) is 11.1 Å². The maximum absolute atomic E-state index is 12.4. The summed E-state index contributed by atoms with van der Waals surface area (Å²) in [4.78, 5) is 39.0. The summed E-state index contributed by atoms with van der Waals surface area (Å²) in [6.45, 7) is 2.34. The molecule has 0 aliphatic carbocycles. The van der Waals surface area contributed by atoms with Gasteiger partial charge in [-0.25, -0.2) is 0 Å². The number of esters is 1. The highest BCUT2D eigenvalue weighted by Gasteiger charge is 2.11. The van der Waals surface area contributed by atoms with Crippen LogP contribution in [0.25, 0.3) is 0 Å². The van der Waals surface area contributed by atoms with Crippen LogP contribution in [0, 0.1) is 0 Å². The summed E-state index contributed by atoms with van der Waals surface area (Å²) in [7, 11) is 0. The molecule has 0 fully saturated rings. The van der Waals surface area contributed by atoms with Crippen molar-refractivity contribution in [2.45, 2.75) is 20.0 Å². The first-order chi connectivity index (χ1) is 14.5. The van der Waals surface area contributed by atoms with Crippen molar-refractivity contribution in [1.82, 2.24) is 4.98 Å². The van der Waals surface area contributed by atoms with E-state index in [1.807, 2.05) is 30.3 Å². The molecule has 1 heterocycles. The summed E-state index contributed by atoms with van der Waals surface area (Å²) in [6, 6.07) is 17.5. The number of benzene rings is 2. The van der Waals surface area contributed by atoms with E-state index in [1.54, 1.807) is 31.2 Å². The molecule has 30 heavy (non-hydrogen) atoms. The summed E-state index contributed by atoms with van der Waals surface area (Å²) >= 11 is 0. The highest BCUT2D eigenvalue weighted by atomic mass is 16.5. The van der Waals surface area contributed by atoms with Gasteiger partial charge >= 0.3 is 5.97 Å². The summed E-state index contributed by atoms with van der Waals surface area (Å²) in [5.41, 5.74) is 1.98. The molecule has 7 heteroatoms. The van der Waals surface area contributed by atoms with Crippen LogP contribution in [-0.2, 0) is 22.6 Å². The number of aromatic amines is 1. The molecular weight excluding hydrogens is 384 g/mol. The molecule has 3 aromatic rings. The molecule has 0 unspecified atom stereocenters. The Balaban J connectivity index is 1.59. The minimum atomic E-state index is -0.458. The van der Waals surface area contributed by atoms with Gasteiger partial charge in [0.25, 0.3) is 5.91 Å². The second-order valence-corrected chi connectivity index (χ2v) is 6.48. The van der Waals surface area contributed by atoms with Crippen LogP contribution in [0.15, 0.2) is 71.7 Å². The van der Waals surface area contributed by atoms with Crippen molar-refractivity contribution in [2.75, 3.05) is 11.9 Å². The number of hydrogen-bond donors (Lipinski definition) is 2. The Bertz CT molecular complexity index is 1060. The van der Waals surface area contributed by atoms with E-state index in [1.165, 1.54) is 12.3 Å². The Morgan fingerprint density at radius 3 is 2.40 bits per heavy atom. The number of hydrogen-bond acceptors (Lipinski definition) is 5. The van der Waals surface area contributed by atoms with Crippen LogP contribution in [0.5, 0.6) is 5.75 Å². The van der Waals surface area contributed by atoms with Gasteiger partial charge in [-0.1, -0.05) is 42.5 Å². The lowest BCUT2D eigenvalue weighted by Crippen LogP contribution is -2.17. The maximum Gasteiger partial charge on any atom is 0.310 e. The Labute approximate surface area is 173 Å².